The second-order valence-electron chi connectivity index (χ2n) is 7.25. The number of aliphatic carboxylic acids is 1. The molecule has 2 aliphatic rings. The van der Waals surface area contributed by atoms with Crippen molar-refractivity contribution in [2.24, 2.45) is 23.7 Å². The van der Waals surface area contributed by atoms with E-state index >= 15 is 0 Å². The van der Waals surface area contributed by atoms with Crippen LogP contribution in [0.3, 0.4) is 0 Å². The quantitative estimate of drug-likeness (QED) is 0.645. The number of hydrogen-bond acceptors (Lipinski definition) is 1. The molecule has 0 heterocycles. The number of carboxylic acids is 1. The number of carbonyl (C=O) groups is 1. The molecular formula is C18H32O2. The van der Waals surface area contributed by atoms with Gasteiger partial charge in [0, 0.05) is 0 Å². The molecule has 2 saturated carbocycles. The zero-order valence-electron chi connectivity index (χ0n) is 13.2. The highest BCUT2D eigenvalue weighted by Gasteiger charge is 2.37. The Balaban J connectivity index is 1.66. The van der Waals surface area contributed by atoms with Crippen LogP contribution in [0.2, 0.25) is 0 Å². The van der Waals surface area contributed by atoms with Crippen LogP contribution in [-0.2, 0) is 4.79 Å². The number of hydrogen-bond donors (Lipinski definition) is 1. The van der Waals surface area contributed by atoms with Crippen LogP contribution in [0.15, 0.2) is 0 Å². The summed E-state index contributed by atoms with van der Waals surface area (Å²) < 4.78 is 0. The summed E-state index contributed by atoms with van der Waals surface area (Å²) in [6.07, 6.45) is 15.5. The van der Waals surface area contributed by atoms with E-state index in [1.807, 2.05) is 0 Å². The Kier molecular flexibility index (Phi) is 6.38. The van der Waals surface area contributed by atoms with E-state index in [0.717, 1.165) is 30.6 Å². The van der Waals surface area contributed by atoms with Crippen LogP contribution >= 0.6 is 0 Å². The normalized spacial score (nSPS) is 33.6. The molecule has 0 radical (unpaired) electrons. The zero-order chi connectivity index (χ0) is 14.4. The fourth-order valence-corrected chi connectivity index (χ4v) is 4.51. The van der Waals surface area contributed by atoms with Gasteiger partial charge in [-0.2, -0.15) is 0 Å². The average molecular weight is 280 g/mol. The van der Waals surface area contributed by atoms with Crippen molar-refractivity contribution in [1.82, 2.24) is 0 Å². The second-order valence-corrected chi connectivity index (χ2v) is 7.25. The largest absolute Gasteiger partial charge is 0.481 e. The van der Waals surface area contributed by atoms with Crippen molar-refractivity contribution in [2.45, 2.75) is 84.0 Å². The molecule has 0 saturated heterocycles. The second kappa shape index (κ2) is 8.05. The molecule has 2 heteroatoms. The molecule has 20 heavy (non-hydrogen) atoms. The van der Waals surface area contributed by atoms with E-state index in [9.17, 15) is 4.79 Å². The Labute approximate surface area is 124 Å². The van der Waals surface area contributed by atoms with Gasteiger partial charge in [0.2, 0.25) is 0 Å². The summed E-state index contributed by atoms with van der Waals surface area (Å²) in [5.41, 5.74) is 0. The standard InChI is InChI=1S/C18H32O2/c1-2-3-4-5-6-7-14-8-9-16-13-17(18(19)20)11-10-15(16)12-14/h14-17H,2-13H2,1H3,(H,19,20)/t14-,15+,16-,17-/m1/s1. The Morgan fingerprint density at radius 3 is 2.40 bits per heavy atom. The van der Waals surface area contributed by atoms with Gasteiger partial charge in [0.15, 0.2) is 0 Å². The molecule has 0 aromatic carbocycles. The first-order valence-corrected chi connectivity index (χ1v) is 8.93. The van der Waals surface area contributed by atoms with Crippen molar-refractivity contribution in [3.63, 3.8) is 0 Å². The fourth-order valence-electron chi connectivity index (χ4n) is 4.51. The number of fused-ring (bicyclic) bond motifs is 1. The van der Waals surface area contributed by atoms with Crippen molar-refractivity contribution in [2.75, 3.05) is 0 Å². The van der Waals surface area contributed by atoms with Crippen LogP contribution in [0.4, 0.5) is 0 Å². The summed E-state index contributed by atoms with van der Waals surface area (Å²) in [7, 11) is 0. The first-order valence-electron chi connectivity index (χ1n) is 8.93. The highest BCUT2D eigenvalue weighted by molar-refractivity contribution is 5.70. The average Bonchev–Trinajstić information content (AvgIpc) is 2.46. The van der Waals surface area contributed by atoms with Crippen LogP contribution in [0.5, 0.6) is 0 Å². The van der Waals surface area contributed by atoms with E-state index < -0.39 is 5.97 Å². The van der Waals surface area contributed by atoms with Crippen LogP contribution in [0, 0.1) is 23.7 Å². The summed E-state index contributed by atoms with van der Waals surface area (Å²) >= 11 is 0. The number of carboxylic acid groups (broad SMARTS) is 1. The van der Waals surface area contributed by atoms with Gasteiger partial charge in [0.05, 0.1) is 5.92 Å². The summed E-state index contributed by atoms with van der Waals surface area (Å²) in [5, 5.41) is 9.17. The molecule has 0 aliphatic heterocycles. The van der Waals surface area contributed by atoms with Gasteiger partial charge in [-0.05, 0) is 49.9 Å². The predicted octanol–water partition coefficient (Wildman–Crippen LogP) is 5.26. The molecule has 0 unspecified atom stereocenters. The molecule has 2 rings (SSSR count). The van der Waals surface area contributed by atoms with Crippen molar-refractivity contribution >= 4 is 5.97 Å². The minimum absolute atomic E-state index is 0.0400. The molecule has 0 aromatic rings. The first kappa shape index (κ1) is 15.9. The van der Waals surface area contributed by atoms with Crippen molar-refractivity contribution in [3.05, 3.63) is 0 Å². The van der Waals surface area contributed by atoms with E-state index in [1.54, 1.807) is 0 Å². The molecule has 0 spiro atoms. The van der Waals surface area contributed by atoms with Gasteiger partial charge in [0.25, 0.3) is 0 Å². The SMILES string of the molecule is CCCCCCC[C@@H]1CC[C@@H]2C[C@H](C(=O)O)CC[C@H]2C1. The molecular weight excluding hydrogens is 248 g/mol. The van der Waals surface area contributed by atoms with Gasteiger partial charge in [-0.3, -0.25) is 4.79 Å². The van der Waals surface area contributed by atoms with Crippen molar-refractivity contribution in [1.29, 1.82) is 0 Å². The van der Waals surface area contributed by atoms with Crippen molar-refractivity contribution < 1.29 is 9.90 Å². The highest BCUT2D eigenvalue weighted by Crippen LogP contribution is 2.45. The first-order chi connectivity index (χ1) is 9.70. The molecule has 2 nitrogen and oxygen atoms in total. The van der Waals surface area contributed by atoms with Gasteiger partial charge in [-0.1, -0.05) is 51.9 Å². The predicted molar refractivity (Wildman–Crippen MR) is 82.7 cm³/mol. The molecule has 4 atom stereocenters. The van der Waals surface area contributed by atoms with Crippen LogP contribution < -0.4 is 0 Å². The molecule has 1 N–H and O–H groups in total. The van der Waals surface area contributed by atoms with Crippen LogP contribution in [0.1, 0.15) is 84.0 Å². The van der Waals surface area contributed by atoms with Gasteiger partial charge < -0.3 is 5.11 Å². The molecule has 0 bridgehead atoms. The minimum atomic E-state index is -0.554. The molecule has 2 aliphatic carbocycles. The Hall–Kier alpha value is -0.530. The lowest BCUT2D eigenvalue weighted by Crippen LogP contribution is -2.33. The lowest BCUT2D eigenvalue weighted by Gasteiger charge is -2.41. The van der Waals surface area contributed by atoms with Gasteiger partial charge in [0.1, 0.15) is 0 Å². The third kappa shape index (κ3) is 4.49. The van der Waals surface area contributed by atoms with Crippen molar-refractivity contribution in [3.8, 4) is 0 Å². The minimum Gasteiger partial charge on any atom is -0.481 e. The van der Waals surface area contributed by atoms with Gasteiger partial charge >= 0.3 is 5.97 Å². The molecule has 116 valence electrons. The van der Waals surface area contributed by atoms with E-state index in [-0.39, 0.29) is 5.92 Å². The van der Waals surface area contributed by atoms with E-state index in [2.05, 4.69) is 6.92 Å². The van der Waals surface area contributed by atoms with E-state index in [0.29, 0.717) is 0 Å². The van der Waals surface area contributed by atoms with Gasteiger partial charge in [-0.15, -0.1) is 0 Å². The van der Waals surface area contributed by atoms with Gasteiger partial charge in [-0.25, -0.2) is 0 Å². The van der Waals surface area contributed by atoms with Crippen LogP contribution in [0.25, 0.3) is 0 Å². The lowest BCUT2D eigenvalue weighted by molar-refractivity contribution is -0.144. The summed E-state index contributed by atoms with van der Waals surface area (Å²) in [6, 6.07) is 0. The molecule has 0 amide bonds. The maximum Gasteiger partial charge on any atom is 0.306 e. The Morgan fingerprint density at radius 2 is 1.65 bits per heavy atom. The topological polar surface area (TPSA) is 37.3 Å². The smallest absolute Gasteiger partial charge is 0.306 e. The Bertz CT molecular complexity index is 300. The molecule has 2 fully saturated rings. The maximum atomic E-state index is 11.1. The lowest BCUT2D eigenvalue weighted by atomic mass is 9.64. The Morgan fingerprint density at radius 1 is 0.950 bits per heavy atom. The third-order valence-electron chi connectivity index (χ3n) is 5.79. The van der Waals surface area contributed by atoms with E-state index in [4.69, 9.17) is 5.11 Å². The number of unbranched alkanes of at least 4 members (excludes halogenated alkanes) is 4. The third-order valence-corrected chi connectivity index (χ3v) is 5.79. The fraction of sp³-hybridized carbons (Fsp3) is 0.944. The highest BCUT2D eigenvalue weighted by atomic mass is 16.4. The number of rotatable bonds is 7. The van der Waals surface area contributed by atoms with E-state index in [1.165, 1.54) is 64.2 Å². The summed E-state index contributed by atoms with van der Waals surface area (Å²) in [4.78, 5) is 11.1. The summed E-state index contributed by atoms with van der Waals surface area (Å²) in [6.45, 7) is 2.27. The van der Waals surface area contributed by atoms with Crippen LogP contribution in [-0.4, -0.2) is 11.1 Å². The monoisotopic (exact) mass is 280 g/mol. The maximum absolute atomic E-state index is 11.1. The zero-order valence-corrected chi connectivity index (χ0v) is 13.2. The molecule has 0 aromatic heterocycles. The summed E-state index contributed by atoms with van der Waals surface area (Å²) in [5.74, 6) is 1.92.